The van der Waals surface area contributed by atoms with Crippen LogP contribution in [0.2, 0.25) is 0 Å². The molecular formula is C20H18FN3S. The molecule has 25 heavy (non-hydrogen) atoms. The van der Waals surface area contributed by atoms with E-state index in [0.717, 1.165) is 16.6 Å². The van der Waals surface area contributed by atoms with E-state index in [9.17, 15) is 4.39 Å². The van der Waals surface area contributed by atoms with E-state index in [1.54, 1.807) is 25.3 Å². The number of fused-ring (bicyclic) bond motifs is 1. The van der Waals surface area contributed by atoms with E-state index in [1.165, 1.54) is 17.8 Å². The highest BCUT2D eigenvalue weighted by atomic mass is 32.2. The smallest absolute Gasteiger partial charge is 0.126 e. The SMILES string of the molecule is CSC(N)=CC(=Nc1cccc2ncccc12)c1ccc(C)c(F)c1. The van der Waals surface area contributed by atoms with Crippen LogP contribution in [0.25, 0.3) is 10.9 Å². The first kappa shape index (κ1) is 17.2. The minimum atomic E-state index is -0.263. The second-order valence-electron chi connectivity index (χ2n) is 5.56. The lowest BCUT2D eigenvalue weighted by atomic mass is 10.1. The van der Waals surface area contributed by atoms with E-state index in [4.69, 9.17) is 10.7 Å². The predicted octanol–water partition coefficient (Wildman–Crippen LogP) is 4.97. The molecule has 0 aliphatic heterocycles. The molecule has 0 spiro atoms. The largest absolute Gasteiger partial charge is 0.393 e. The first-order valence-electron chi connectivity index (χ1n) is 7.78. The summed E-state index contributed by atoms with van der Waals surface area (Å²) in [6.45, 7) is 1.73. The molecule has 5 heteroatoms. The zero-order chi connectivity index (χ0) is 17.8. The Morgan fingerprint density at radius 2 is 2.04 bits per heavy atom. The van der Waals surface area contributed by atoms with E-state index >= 15 is 0 Å². The molecule has 2 aromatic carbocycles. The number of thioether (sulfide) groups is 1. The van der Waals surface area contributed by atoms with Gasteiger partial charge < -0.3 is 5.73 Å². The molecule has 0 aliphatic carbocycles. The summed E-state index contributed by atoms with van der Waals surface area (Å²) in [7, 11) is 0. The molecule has 0 atom stereocenters. The Hall–Kier alpha value is -2.66. The molecule has 2 N–H and O–H groups in total. The molecule has 0 saturated carbocycles. The number of aromatic nitrogens is 1. The van der Waals surface area contributed by atoms with Gasteiger partial charge in [-0.05, 0) is 55.2 Å². The van der Waals surface area contributed by atoms with Crippen molar-refractivity contribution in [2.75, 3.05) is 6.26 Å². The topological polar surface area (TPSA) is 51.3 Å². The van der Waals surface area contributed by atoms with E-state index in [2.05, 4.69) is 4.98 Å². The molecule has 0 aliphatic rings. The van der Waals surface area contributed by atoms with Gasteiger partial charge in [-0.2, -0.15) is 0 Å². The van der Waals surface area contributed by atoms with Crippen LogP contribution in [-0.2, 0) is 0 Å². The van der Waals surface area contributed by atoms with Crippen molar-refractivity contribution < 1.29 is 4.39 Å². The van der Waals surface area contributed by atoms with Crippen molar-refractivity contribution in [3.05, 3.63) is 82.8 Å². The molecular weight excluding hydrogens is 333 g/mol. The lowest BCUT2D eigenvalue weighted by Crippen LogP contribution is -2.03. The van der Waals surface area contributed by atoms with Crippen molar-refractivity contribution >= 4 is 34.1 Å². The normalized spacial score (nSPS) is 12.6. The maximum absolute atomic E-state index is 14.0. The molecule has 3 aromatic rings. The standard InChI is InChI=1S/C20H18FN3S/c1-13-8-9-14(11-16(13)21)19(12-20(22)25-2)24-18-7-3-6-17-15(18)5-4-10-23-17/h3-12H,22H2,1-2H3. The molecule has 3 nitrogen and oxygen atoms in total. The molecule has 0 bridgehead atoms. The summed E-state index contributed by atoms with van der Waals surface area (Å²) in [6, 6.07) is 14.7. The highest BCUT2D eigenvalue weighted by molar-refractivity contribution is 8.02. The van der Waals surface area contributed by atoms with Crippen LogP contribution in [0.15, 0.2) is 70.8 Å². The second kappa shape index (κ2) is 7.49. The third-order valence-corrected chi connectivity index (χ3v) is 4.44. The molecule has 0 amide bonds. The molecule has 1 aromatic heterocycles. The number of benzene rings is 2. The molecule has 0 saturated heterocycles. The van der Waals surface area contributed by atoms with Gasteiger partial charge in [-0.3, -0.25) is 4.98 Å². The van der Waals surface area contributed by atoms with Crippen LogP contribution >= 0.6 is 11.8 Å². The fraction of sp³-hybridized carbons (Fsp3) is 0.100. The molecule has 0 fully saturated rings. The molecule has 0 radical (unpaired) electrons. The first-order valence-corrected chi connectivity index (χ1v) is 9.01. The number of nitrogens with zero attached hydrogens (tertiary/aromatic N) is 2. The van der Waals surface area contributed by atoms with Crippen LogP contribution in [0.3, 0.4) is 0 Å². The fourth-order valence-corrected chi connectivity index (χ4v) is 2.67. The number of allylic oxidation sites excluding steroid dienone is 1. The number of pyridine rings is 1. The summed E-state index contributed by atoms with van der Waals surface area (Å²) >= 11 is 1.42. The van der Waals surface area contributed by atoms with Gasteiger partial charge >= 0.3 is 0 Å². The van der Waals surface area contributed by atoms with E-state index in [0.29, 0.717) is 21.9 Å². The van der Waals surface area contributed by atoms with Crippen LogP contribution in [0.5, 0.6) is 0 Å². The molecule has 126 valence electrons. The van der Waals surface area contributed by atoms with Gasteiger partial charge in [0.1, 0.15) is 5.82 Å². The number of aliphatic imine (C=N–C) groups is 1. The number of rotatable bonds is 4. The van der Waals surface area contributed by atoms with Gasteiger partial charge in [0.15, 0.2) is 0 Å². The number of halogens is 1. The average molecular weight is 351 g/mol. The second-order valence-corrected chi connectivity index (χ2v) is 6.44. The van der Waals surface area contributed by atoms with Gasteiger partial charge in [-0.15, -0.1) is 11.8 Å². The number of hydrogen-bond acceptors (Lipinski definition) is 4. The predicted molar refractivity (Wildman–Crippen MR) is 105 cm³/mol. The van der Waals surface area contributed by atoms with E-state index in [-0.39, 0.29) is 5.82 Å². The van der Waals surface area contributed by atoms with Crippen molar-refractivity contribution in [1.29, 1.82) is 0 Å². The highest BCUT2D eigenvalue weighted by Gasteiger charge is 2.08. The summed E-state index contributed by atoms with van der Waals surface area (Å²) in [6.07, 6.45) is 5.41. The fourth-order valence-electron chi connectivity index (χ4n) is 2.44. The van der Waals surface area contributed by atoms with Gasteiger partial charge in [-0.1, -0.05) is 18.2 Å². The summed E-state index contributed by atoms with van der Waals surface area (Å²) in [4.78, 5) is 9.11. The number of hydrogen-bond donors (Lipinski definition) is 1. The minimum Gasteiger partial charge on any atom is -0.393 e. The lowest BCUT2D eigenvalue weighted by molar-refractivity contribution is 0.618. The Morgan fingerprint density at radius 1 is 1.20 bits per heavy atom. The van der Waals surface area contributed by atoms with Crippen LogP contribution in [0.1, 0.15) is 11.1 Å². The quantitative estimate of drug-likeness (QED) is 0.676. The van der Waals surface area contributed by atoms with Crippen molar-refractivity contribution in [1.82, 2.24) is 4.98 Å². The molecule has 0 unspecified atom stereocenters. The molecule has 1 heterocycles. The third-order valence-electron chi connectivity index (χ3n) is 3.85. The van der Waals surface area contributed by atoms with Gasteiger partial charge in [0, 0.05) is 17.1 Å². The lowest BCUT2D eigenvalue weighted by Gasteiger charge is -2.07. The van der Waals surface area contributed by atoms with Crippen molar-refractivity contribution in [2.45, 2.75) is 6.92 Å². The van der Waals surface area contributed by atoms with Crippen LogP contribution in [0.4, 0.5) is 10.1 Å². The summed E-state index contributed by atoms with van der Waals surface area (Å²) in [5.74, 6) is -0.263. The Kier molecular flexibility index (Phi) is 5.14. The maximum Gasteiger partial charge on any atom is 0.126 e. The summed E-state index contributed by atoms with van der Waals surface area (Å²) in [5.41, 5.74) is 9.50. The van der Waals surface area contributed by atoms with Gasteiger partial charge in [-0.25, -0.2) is 9.38 Å². The van der Waals surface area contributed by atoms with Crippen LogP contribution in [-0.4, -0.2) is 17.0 Å². The Labute approximate surface area is 150 Å². The van der Waals surface area contributed by atoms with Gasteiger partial charge in [0.2, 0.25) is 0 Å². The number of nitrogens with two attached hydrogens (primary N) is 1. The average Bonchev–Trinajstić information content (AvgIpc) is 2.63. The van der Waals surface area contributed by atoms with Crippen molar-refractivity contribution in [3.63, 3.8) is 0 Å². The number of aryl methyl sites for hydroxylation is 1. The Morgan fingerprint density at radius 3 is 2.80 bits per heavy atom. The third kappa shape index (κ3) is 3.88. The Bertz CT molecular complexity index is 974. The van der Waals surface area contributed by atoms with Gasteiger partial charge in [0.25, 0.3) is 0 Å². The zero-order valence-electron chi connectivity index (χ0n) is 14.0. The summed E-state index contributed by atoms with van der Waals surface area (Å²) in [5, 5.41) is 1.55. The van der Waals surface area contributed by atoms with E-state index < -0.39 is 0 Å². The van der Waals surface area contributed by atoms with Crippen molar-refractivity contribution in [3.8, 4) is 0 Å². The van der Waals surface area contributed by atoms with Crippen LogP contribution < -0.4 is 5.73 Å². The maximum atomic E-state index is 14.0. The minimum absolute atomic E-state index is 0.263. The first-order chi connectivity index (χ1) is 12.1. The summed E-state index contributed by atoms with van der Waals surface area (Å²) < 4.78 is 14.0. The van der Waals surface area contributed by atoms with Crippen LogP contribution in [0, 0.1) is 12.7 Å². The highest BCUT2D eigenvalue weighted by Crippen LogP contribution is 2.26. The molecule has 3 rings (SSSR count). The Balaban J connectivity index is 2.19. The monoisotopic (exact) mass is 351 g/mol. The van der Waals surface area contributed by atoms with E-state index in [1.807, 2.05) is 42.7 Å². The van der Waals surface area contributed by atoms with Gasteiger partial charge in [0.05, 0.1) is 21.9 Å². The van der Waals surface area contributed by atoms with Crippen molar-refractivity contribution in [2.24, 2.45) is 10.7 Å². The zero-order valence-corrected chi connectivity index (χ0v) is 14.8.